The molecule has 1 aliphatic rings. The number of rotatable bonds is 3. The average Bonchev–Trinajstić information content (AvgIpc) is 2.76. The van der Waals surface area contributed by atoms with Crippen molar-refractivity contribution in [1.82, 2.24) is 0 Å². The molecular formula is C16H23ClSn. The Morgan fingerprint density at radius 3 is 2.11 bits per heavy atom. The van der Waals surface area contributed by atoms with Gasteiger partial charge >= 0.3 is 121 Å². The molecule has 1 aromatic rings. The number of hydrogen-bond acceptors (Lipinski definition) is 0. The van der Waals surface area contributed by atoms with Gasteiger partial charge in [0.2, 0.25) is 0 Å². The molecule has 0 atom stereocenters. The second-order valence-corrected chi connectivity index (χ2v) is 21.5. The first-order chi connectivity index (χ1) is 8.41. The Morgan fingerprint density at radius 2 is 1.61 bits per heavy atom. The van der Waals surface area contributed by atoms with Crippen molar-refractivity contribution in [2.75, 3.05) is 0 Å². The third-order valence-electron chi connectivity index (χ3n) is 3.82. The van der Waals surface area contributed by atoms with E-state index in [0.29, 0.717) is 5.41 Å². The number of halogens is 1. The van der Waals surface area contributed by atoms with E-state index in [2.05, 4.69) is 37.1 Å². The van der Waals surface area contributed by atoms with Crippen LogP contribution in [0.15, 0.2) is 34.4 Å². The van der Waals surface area contributed by atoms with Gasteiger partial charge in [0.25, 0.3) is 0 Å². The van der Waals surface area contributed by atoms with Crippen molar-refractivity contribution in [3.05, 3.63) is 45.0 Å². The van der Waals surface area contributed by atoms with E-state index in [4.69, 9.17) is 11.6 Å². The minimum atomic E-state index is -1.83. The second kappa shape index (κ2) is 5.58. The molecule has 2 heteroatoms. The monoisotopic (exact) mass is 370 g/mol. The Balaban J connectivity index is 2.32. The molecule has 1 aliphatic carbocycles. The summed E-state index contributed by atoms with van der Waals surface area (Å²) in [6, 6.07) is 8.50. The normalized spacial score (nSPS) is 19.6. The third kappa shape index (κ3) is 3.54. The van der Waals surface area contributed by atoms with E-state index in [0.717, 1.165) is 5.02 Å². The standard InChI is InChI=1S/C13H14Cl.3CH3.Sn/c1-2-13(9-3-4-10-13)11-5-7-12(14)8-6-11;;;;/h1-2,5-8H,3-4,9-10H2;3*1H3;. The summed E-state index contributed by atoms with van der Waals surface area (Å²) in [5.41, 5.74) is 1.76. The Morgan fingerprint density at radius 1 is 1.06 bits per heavy atom. The van der Waals surface area contributed by atoms with Crippen molar-refractivity contribution in [1.29, 1.82) is 0 Å². The van der Waals surface area contributed by atoms with Crippen molar-refractivity contribution in [3.63, 3.8) is 0 Å². The van der Waals surface area contributed by atoms with E-state index in [1.165, 1.54) is 31.2 Å². The predicted octanol–water partition coefficient (Wildman–Crippen LogP) is 5.59. The molecule has 18 heavy (non-hydrogen) atoms. The summed E-state index contributed by atoms with van der Waals surface area (Å²) in [4.78, 5) is 7.40. The SMILES string of the molecule is [CH3][Sn]([CH3])([CH3])/[CH]=C/C1(c2ccc(Cl)cc2)CCCC1. The molecule has 0 heterocycles. The quantitative estimate of drug-likeness (QED) is 0.610. The van der Waals surface area contributed by atoms with E-state index in [1.54, 1.807) is 0 Å². The Kier molecular flexibility index (Phi) is 4.48. The van der Waals surface area contributed by atoms with Gasteiger partial charge < -0.3 is 0 Å². The van der Waals surface area contributed by atoms with Crippen LogP contribution < -0.4 is 0 Å². The number of hydrogen-bond donors (Lipinski definition) is 0. The Hall–Kier alpha value is 0.0487. The van der Waals surface area contributed by atoms with Gasteiger partial charge in [-0.3, -0.25) is 0 Å². The molecule has 0 aliphatic heterocycles. The van der Waals surface area contributed by atoms with E-state index in [1.807, 2.05) is 12.1 Å². The fourth-order valence-corrected chi connectivity index (χ4v) is 5.21. The van der Waals surface area contributed by atoms with E-state index < -0.39 is 18.4 Å². The maximum atomic E-state index is 6.01. The van der Waals surface area contributed by atoms with Gasteiger partial charge in [0.05, 0.1) is 0 Å². The summed E-state index contributed by atoms with van der Waals surface area (Å²) in [6.07, 6.45) is 7.85. The first kappa shape index (κ1) is 14.5. The summed E-state index contributed by atoms with van der Waals surface area (Å²) in [7, 11) is 0. The fourth-order valence-electron chi connectivity index (χ4n) is 2.75. The van der Waals surface area contributed by atoms with E-state index in [-0.39, 0.29) is 0 Å². The van der Waals surface area contributed by atoms with Gasteiger partial charge in [0.1, 0.15) is 0 Å². The molecule has 0 nitrogen and oxygen atoms in total. The summed E-state index contributed by atoms with van der Waals surface area (Å²) < 4.78 is 2.58. The van der Waals surface area contributed by atoms with Gasteiger partial charge in [-0.15, -0.1) is 0 Å². The van der Waals surface area contributed by atoms with Crippen molar-refractivity contribution in [2.24, 2.45) is 0 Å². The summed E-state index contributed by atoms with van der Waals surface area (Å²) in [5, 5.41) is 0.839. The van der Waals surface area contributed by atoms with Gasteiger partial charge in [-0.1, -0.05) is 0 Å². The number of allylic oxidation sites excluding steroid dienone is 1. The summed E-state index contributed by atoms with van der Waals surface area (Å²) in [5.74, 6) is 0. The zero-order valence-electron chi connectivity index (χ0n) is 11.7. The topological polar surface area (TPSA) is 0 Å². The summed E-state index contributed by atoms with van der Waals surface area (Å²) in [6.45, 7) is 0. The van der Waals surface area contributed by atoms with Gasteiger partial charge in [-0.2, -0.15) is 0 Å². The van der Waals surface area contributed by atoms with E-state index in [9.17, 15) is 0 Å². The molecule has 0 amide bonds. The van der Waals surface area contributed by atoms with Crippen LogP contribution in [0.3, 0.4) is 0 Å². The molecular weight excluding hydrogens is 346 g/mol. The van der Waals surface area contributed by atoms with Gasteiger partial charge in [0.15, 0.2) is 0 Å². The van der Waals surface area contributed by atoms with Crippen LogP contribution in [-0.2, 0) is 5.41 Å². The fraction of sp³-hybridized carbons (Fsp3) is 0.500. The van der Waals surface area contributed by atoms with Crippen molar-refractivity contribution < 1.29 is 0 Å². The molecule has 98 valence electrons. The molecule has 1 fully saturated rings. The predicted molar refractivity (Wildman–Crippen MR) is 84.1 cm³/mol. The zero-order valence-corrected chi connectivity index (χ0v) is 15.3. The molecule has 1 aromatic carbocycles. The van der Waals surface area contributed by atoms with Crippen LogP contribution in [0.25, 0.3) is 0 Å². The molecule has 0 radical (unpaired) electrons. The molecule has 0 saturated heterocycles. The van der Waals surface area contributed by atoms with Gasteiger partial charge in [0, 0.05) is 0 Å². The van der Waals surface area contributed by atoms with Crippen LogP contribution in [0.1, 0.15) is 31.2 Å². The second-order valence-electron chi connectivity index (χ2n) is 6.57. The van der Waals surface area contributed by atoms with Crippen molar-refractivity contribution in [3.8, 4) is 0 Å². The molecule has 0 unspecified atom stereocenters. The van der Waals surface area contributed by atoms with Gasteiger partial charge in [-0.05, 0) is 0 Å². The molecule has 0 aromatic heterocycles. The van der Waals surface area contributed by atoms with Crippen LogP contribution in [0.5, 0.6) is 0 Å². The first-order valence-corrected chi connectivity index (χ1v) is 17.5. The maximum absolute atomic E-state index is 6.01. The Bertz CT molecular complexity index is 419. The van der Waals surface area contributed by atoms with Crippen LogP contribution in [-0.4, -0.2) is 18.4 Å². The van der Waals surface area contributed by atoms with Crippen LogP contribution in [0.4, 0.5) is 0 Å². The molecule has 0 N–H and O–H groups in total. The van der Waals surface area contributed by atoms with E-state index >= 15 is 0 Å². The molecule has 0 bridgehead atoms. The molecule has 2 rings (SSSR count). The summed E-state index contributed by atoms with van der Waals surface area (Å²) >= 11 is 4.18. The van der Waals surface area contributed by atoms with Gasteiger partial charge in [-0.25, -0.2) is 0 Å². The minimum absolute atomic E-state index is 0.300. The van der Waals surface area contributed by atoms with Crippen LogP contribution in [0.2, 0.25) is 19.8 Å². The van der Waals surface area contributed by atoms with Crippen molar-refractivity contribution in [2.45, 2.75) is 45.9 Å². The first-order valence-electron chi connectivity index (χ1n) is 6.88. The van der Waals surface area contributed by atoms with Crippen molar-refractivity contribution >= 4 is 30.0 Å². The molecule has 0 spiro atoms. The Labute approximate surface area is 120 Å². The average molecular weight is 370 g/mol. The molecule has 1 saturated carbocycles. The number of benzene rings is 1. The third-order valence-corrected chi connectivity index (χ3v) is 7.40. The van der Waals surface area contributed by atoms with Crippen LogP contribution in [0, 0.1) is 0 Å². The zero-order chi connectivity index (χ0) is 13.2. The van der Waals surface area contributed by atoms with Crippen LogP contribution >= 0.6 is 11.6 Å².